The number of hydrogen-bond donors (Lipinski definition) is 1. The molecule has 1 N–H and O–H groups in total. The van der Waals surface area contributed by atoms with E-state index >= 15 is 0 Å². The van der Waals surface area contributed by atoms with Gasteiger partial charge in [0.2, 0.25) is 0 Å². The number of rotatable bonds is 2. The molecule has 11 heavy (non-hydrogen) atoms. The summed E-state index contributed by atoms with van der Waals surface area (Å²) >= 11 is 0. The van der Waals surface area contributed by atoms with E-state index in [2.05, 4.69) is 0 Å². The molecule has 0 atom stereocenters. The van der Waals surface area contributed by atoms with E-state index in [0.717, 1.165) is 0 Å². The minimum atomic E-state index is -0.223. The molecule has 1 aromatic rings. The van der Waals surface area contributed by atoms with Gasteiger partial charge in [-0.2, -0.15) is 0 Å². The van der Waals surface area contributed by atoms with Gasteiger partial charge in [-0.3, -0.25) is 5.21 Å². The lowest BCUT2D eigenvalue weighted by atomic mass is 10.3. The van der Waals surface area contributed by atoms with Gasteiger partial charge in [-0.25, -0.2) is 0 Å². The second-order valence-electron chi connectivity index (χ2n) is 1.94. The second-order valence-corrected chi connectivity index (χ2v) is 1.94. The molecule has 0 bridgehead atoms. The third kappa shape index (κ3) is 1.60. The van der Waals surface area contributed by atoms with Crippen LogP contribution in [0.3, 0.4) is 0 Å². The quantitative estimate of drug-likeness (QED) is 0.654. The van der Waals surface area contributed by atoms with Crippen LogP contribution in [-0.4, -0.2) is 12.3 Å². The summed E-state index contributed by atoms with van der Waals surface area (Å²) in [6.45, 7) is 0. The van der Waals surface area contributed by atoms with Crippen LogP contribution in [0.15, 0.2) is 24.3 Å². The first-order valence-electron chi connectivity index (χ1n) is 3.05. The minimum Gasteiger partial charge on any atom is -0.733 e. The predicted molar refractivity (Wildman–Crippen MR) is 40.6 cm³/mol. The van der Waals surface area contributed by atoms with Crippen molar-refractivity contribution in [2.24, 2.45) is 0 Å². The number of ether oxygens (including phenoxy) is 1. The minimum absolute atomic E-state index is 0.106. The fourth-order valence-corrected chi connectivity index (χ4v) is 0.788. The number of benzene rings is 1. The van der Waals surface area contributed by atoms with Crippen molar-refractivity contribution in [3.8, 4) is 5.75 Å². The fraction of sp³-hybridized carbons (Fsp3) is 0.143. The van der Waals surface area contributed by atoms with Crippen molar-refractivity contribution in [1.82, 2.24) is 0 Å². The van der Waals surface area contributed by atoms with Crippen molar-refractivity contribution < 1.29 is 9.94 Å². The van der Waals surface area contributed by atoms with Crippen molar-refractivity contribution >= 4 is 5.69 Å². The van der Waals surface area contributed by atoms with Crippen LogP contribution in [0.25, 0.3) is 0 Å². The zero-order chi connectivity index (χ0) is 8.27. The van der Waals surface area contributed by atoms with Crippen LogP contribution in [0, 0.1) is 5.21 Å². The van der Waals surface area contributed by atoms with E-state index in [-0.39, 0.29) is 10.9 Å². The van der Waals surface area contributed by atoms with E-state index in [1.54, 1.807) is 18.2 Å². The molecule has 60 valence electrons. The molecule has 1 rings (SSSR count). The molecule has 1 aromatic carbocycles. The molecule has 0 saturated carbocycles. The molecule has 0 aliphatic rings. The van der Waals surface area contributed by atoms with Gasteiger partial charge in [-0.15, -0.1) is 0 Å². The van der Waals surface area contributed by atoms with Crippen LogP contribution in [0.2, 0.25) is 0 Å². The Labute approximate surface area is 64.2 Å². The average molecular weight is 154 g/mol. The summed E-state index contributed by atoms with van der Waals surface area (Å²) in [6, 6.07) is 6.41. The molecule has 0 spiro atoms. The molecule has 0 aliphatic carbocycles. The molecule has 0 aliphatic heterocycles. The zero-order valence-electron chi connectivity index (χ0n) is 6.02. The van der Waals surface area contributed by atoms with Crippen molar-refractivity contribution in [3.05, 3.63) is 29.5 Å². The van der Waals surface area contributed by atoms with Gasteiger partial charge >= 0.3 is 0 Å². The molecule has 4 heteroatoms. The molecular weight excluding hydrogens is 146 g/mol. The van der Waals surface area contributed by atoms with Gasteiger partial charge in [0.05, 0.1) is 12.8 Å². The Morgan fingerprint density at radius 3 is 2.55 bits per heavy atom. The lowest BCUT2D eigenvalue weighted by molar-refractivity contribution is 0.290. The summed E-state index contributed by atoms with van der Waals surface area (Å²) in [5.41, 5.74) is 0.106. The Kier molecular flexibility index (Phi) is 2.30. The van der Waals surface area contributed by atoms with Crippen molar-refractivity contribution in [2.75, 3.05) is 12.3 Å². The first kappa shape index (κ1) is 7.84. The van der Waals surface area contributed by atoms with Gasteiger partial charge in [0.25, 0.3) is 0 Å². The van der Waals surface area contributed by atoms with E-state index in [1.807, 2.05) is 0 Å². The van der Waals surface area contributed by atoms with Crippen LogP contribution in [0.5, 0.6) is 5.75 Å². The smallest absolute Gasteiger partial charge is 0.143 e. The molecular formula is C7H8NO3-. The van der Waals surface area contributed by atoms with Crippen LogP contribution in [0.1, 0.15) is 0 Å². The Morgan fingerprint density at radius 1 is 1.45 bits per heavy atom. The molecule has 0 unspecified atom stereocenters. The van der Waals surface area contributed by atoms with Gasteiger partial charge in [0, 0.05) is 0 Å². The first-order valence-corrected chi connectivity index (χ1v) is 3.05. The van der Waals surface area contributed by atoms with E-state index in [1.165, 1.54) is 13.2 Å². The number of anilines is 1. The Bertz CT molecular complexity index is 237. The van der Waals surface area contributed by atoms with Crippen LogP contribution in [0.4, 0.5) is 5.69 Å². The van der Waals surface area contributed by atoms with E-state index in [4.69, 9.17) is 9.94 Å². The maximum atomic E-state index is 10.4. The molecule has 0 heterocycles. The van der Waals surface area contributed by atoms with Gasteiger partial charge in [-0.05, 0) is 12.1 Å². The summed E-state index contributed by atoms with van der Waals surface area (Å²) in [6.07, 6.45) is 0. The van der Waals surface area contributed by atoms with Gasteiger partial charge in [-0.1, -0.05) is 12.1 Å². The lowest BCUT2D eigenvalue weighted by Crippen LogP contribution is -2.08. The number of nitrogens with zero attached hydrogens (tertiary/aromatic N) is 1. The highest BCUT2D eigenvalue weighted by atomic mass is 16.8. The maximum Gasteiger partial charge on any atom is 0.143 e. The largest absolute Gasteiger partial charge is 0.733 e. The molecule has 0 aromatic heterocycles. The third-order valence-corrected chi connectivity index (χ3v) is 1.29. The highest BCUT2D eigenvalue weighted by molar-refractivity contribution is 5.56. The Hall–Kier alpha value is -1.26. The topological polar surface area (TPSA) is 55.8 Å². The van der Waals surface area contributed by atoms with Crippen molar-refractivity contribution in [1.29, 1.82) is 0 Å². The first-order chi connectivity index (χ1) is 5.25. The van der Waals surface area contributed by atoms with Crippen LogP contribution < -0.4 is 9.96 Å². The predicted octanol–water partition coefficient (Wildman–Crippen LogP) is 1.39. The number of hydrogen-bond acceptors (Lipinski definition) is 4. The van der Waals surface area contributed by atoms with Gasteiger partial charge < -0.3 is 15.2 Å². The standard InChI is InChI=1S/C7H8NO3/c1-11-7-5-3-2-4-6(7)8(9)10/h2-5,9H,1H3/q-1. The third-order valence-electron chi connectivity index (χ3n) is 1.29. The maximum absolute atomic E-state index is 10.4. The summed E-state index contributed by atoms with van der Waals surface area (Å²) in [7, 11) is 1.43. The zero-order valence-corrected chi connectivity index (χ0v) is 6.02. The summed E-state index contributed by atoms with van der Waals surface area (Å²) in [5, 5.41) is 18.7. The summed E-state index contributed by atoms with van der Waals surface area (Å²) < 4.78 is 4.80. The highest BCUT2D eigenvalue weighted by Gasteiger charge is 1.99. The van der Waals surface area contributed by atoms with Crippen molar-refractivity contribution in [2.45, 2.75) is 0 Å². The average Bonchev–Trinajstić information content (AvgIpc) is 2.04. The van der Waals surface area contributed by atoms with E-state index in [9.17, 15) is 5.21 Å². The SMILES string of the molecule is COc1ccccc1N([O-])O. The summed E-state index contributed by atoms with van der Waals surface area (Å²) in [5.74, 6) is 0.352. The summed E-state index contributed by atoms with van der Waals surface area (Å²) in [4.78, 5) is 0. The van der Waals surface area contributed by atoms with E-state index < -0.39 is 0 Å². The van der Waals surface area contributed by atoms with Gasteiger partial charge in [0.15, 0.2) is 0 Å². The Morgan fingerprint density at radius 2 is 2.09 bits per heavy atom. The second kappa shape index (κ2) is 3.23. The van der Waals surface area contributed by atoms with E-state index in [0.29, 0.717) is 5.75 Å². The molecule has 0 saturated heterocycles. The normalized spacial score (nSPS) is 9.36. The monoisotopic (exact) mass is 154 g/mol. The number of methoxy groups -OCH3 is 1. The fourth-order valence-electron chi connectivity index (χ4n) is 0.788. The van der Waals surface area contributed by atoms with Crippen molar-refractivity contribution in [3.63, 3.8) is 0 Å². The molecule has 4 nitrogen and oxygen atoms in total. The van der Waals surface area contributed by atoms with Crippen LogP contribution in [-0.2, 0) is 0 Å². The Balaban J connectivity index is 3.02. The van der Waals surface area contributed by atoms with Crippen LogP contribution >= 0.6 is 0 Å². The molecule has 0 fully saturated rings. The van der Waals surface area contributed by atoms with Gasteiger partial charge in [0.1, 0.15) is 5.75 Å². The molecule has 0 radical (unpaired) electrons. The number of para-hydroxylation sites is 2. The molecule has 0 amide bonds. The highest BCUT2D eigenvalue weighted by Crippen LogP contribution is 2.25. The lowest BCUT2D eigenvalue weighted by Gasteiger charge is -2.23.